The zero-order valence-electron chi connectivity index (χ0n) is 10.6. The summed E-state index contributed by atoms with van der Waals surface area (Å²) in [5, 5.41) is 7.46. The molecule has 0 amide bonds. The van der Waals surface area contributed by atoms with Crippen LogP contribution in [0.5, 0.6) is 0 Å². The average molecular weight is 260 g/mol. The Bertz CT molecular complexity index is 514. The Morgan fingerprint density at radius 2 is 2.22 bits per heavy atom. The molecule has 18 heavy (non-hydrogen) atoms. The number of allylic oxidation sites excluding steroid dienone is 1. The van der Waals surface area contributed by atoms with E-state index in [9.17, 15) is 4.91 Å². The van der Waals surface area contributed by atoms with Crippen LogP contribution in [0.2, 0.25) is 0 Å². The van der Waals surface area contributed by atoms with Crippen molar-refractivity contribution in [2.45, 2.75) is 26.3 Å². The number of rotatable bonds is 3. The van der Waals surface area contributed by atoms with Gasteiger partial charge in [0.05, 0.1) is 6.04 Å². The Kier molecular flexibility index (Phi) is 3.93. The molecule has 1 aliphatic heterocycles. The molecule has 1 aromatic rings. The molecule has 2 atom stereocenters. The van der Waals surface area contributed by atoms with Crippen molar-refractivity contribution in [2.75, 3.05) is 0 Å². The summed E-state index contributed by atoms with van der Waals surface area (Å²) in [5.74, 6) is 0. The molecule has 1 aliphatic rings. The van der Waals surface area contributed by atoms with Crippen molar-refractivity contribution in [3.8, 4) is 0 Å². The number of dihydropyridines is 1. The Morgan fingerprint density at radius 1 is 1.44 bits per heavy atom. The Balaban J connectivity index is 2.40. The van der Waals surface area contributed by atoms with Gasteiger partial charge in [-0.15, -0.1) is 14.1 Å². The lowest BCUT2D eigenvalue weighted by molar-refractivity contribution is 0.720. The molecule has 0 saturated heterocycles. The van der Waals surface area contributed by atoms with Gasteiger partial charge < -0.3 is 5.32 Å². The lowest BCUT2D eigenvalue weighted by atomic mass is 9.95. The molecule has 2 rings (SSSR count). The van der Waals surface area contributed by atoms with Crippen molar-refractivity contribution >= 4 is 14.5 Å². The van der Waals surface area contributed by atoms with Gasteiger partial charge >= 0.3 is 0 Å². The first-order valence-electron chi connectivity index (χ1n) is 6.03. The van der Waals surface area contributed by atoms with Gasteiger partial charge in [-0.05, 0) is 40.5 Å². The third-order valence-corrected chi connectivity index (χ3v) is 3.75. The number of nitroso groups, excluding NO2 is 1. The molecule has 0 spiro atoms. The molecule has 3 nitrogen and oxygen atoms in total. The number of nitrogens with one attached hydrogen (secondary N) is 1. The fourth-order valence-electron chi connectivity index (χ4n) is 2.27. The lowest BCUT2D eigenvalue weighted by Crippen LogP contribution is -2.23. The maximum Gasteiger partial charge on any atom is 0.126 e. The lowest BCUT2D eigenvalue weighted by Gasteiger charge is -2.23. The van der Waals surface area contributed by atoms with E-state index < -0.39 is 0 Å². The highest BCUT2D eigenvalue weighted by Crippen LogP contribution is 2.27. The molecular formula is C14H17N2OP. The van der Waals surface area contributed by atoms with Gasteiger partial charge in [-0.25, -0.2) is 0 Å². The second kappa shape index (κ2) is 5.45. The maximum atomic E-state index is 10.7. The highest BCUT2D eigenvalue weighted by molar-refractivity contribution is 7.27. The summed E-state index contributed by atoms with van der Waals surface area (Å²) >= 11 is 0. The van der Waals surface area contributed by atoms with E-state index in [0.29, 0.717) is 5.70 Å². The molecule has 0 radical (unpaired) electrons. The van der Waals surface area contributed by atoms with Gasteiger partial charge in [0.15, 0.2) is 0 Å². The van der Waals surface area contributed by atoms with E-state index in [2.05, 4.69) is 44.9 Å². The van der Waals surface area contributed by atoms with E-state index in [4.69, 9.17) is 0 Å². The summed E-state index contributed by atoms with van der Waals surface area (Å²) in [6.07, 6.45) is 4.62. The molecule has 4 heteroatoms. The second-order valence-corrected chi connectivity index (χ2v) is 5.01. The fraction of sp³-hybridized carbons (Fsp3) is 0.286. The largest absolute Gasteiger partial charge is 0.379 e. The molecule has 94 valence electrons. The van der Waals surface area contributed by atoms with Crippen LogP contribution in [-0.2, 0) is 0 Å². The first-order valence-corrected chi connectivity index (χ1v) is 6.60. The third kappa shape index (κ3) is 2.37. The van der Waals surface area contributed by atoms with Crippen molar-refractivity contribution in [1.29, 1.82) is 0 Å². The number of hydrogen-bond donors (Lipinski definition) is 1. The summed E-state index contributed by atoms with van der Waals surface area (Å²) in [4.78, 5) is 10.7. The van der Waals surface area contributed by atoms with E-state index in [1.54, 1.807) is 6.20 Å². The minimum Gasteiger partial charge on any atom is -0.379 e. The van der Waals surface area contributed by atoms with E-state index in [0.717, 1.165) is 12.0 Å². The molecular weight excluding hydrogens is 243 g/mol. The molecule has 2 unspecified atom stereocenters. The van der Waals surface area contributed by atoms with Gasteiger partial charge in [0, 0.05) is 6.20 Å². The summed E-state index contributed by atoms with van der Waals surface area (Å²) in [5.41, 5.74) is 3.99. The molecule has 1 aromatic carbocycles. The Morgan fingerprint density at radius 3 is 2.83 bits per heavy atom. The second-order valence-electron chi connectivity index (χ2n) is 4.39. The van der Waals surface area contributed by atoms with Crippen LogP contribution < -0.4 is 10.6 Å². The monoisotopic (exact) mass is 260 g/mol. The normalized spacial score (nSPS) is 18.7. The van der Waals surface area contributed by atoms with Crippen molar-refractivity contribution < 1.29 is 0 Å². The Hall–Kier alpha value is -1.47. The minimum absolute atomic E-state index is 0.110. The maximum absolute atomic E-state index is 10.7. The zero-order valence-corrected chi connectivity index (χ0v) is 11.8. The van der Waals surface area contributed by atoms with Gasteiger partial charge in [0.2, 0.25) is 0 Å². The highest BCUT2D eigenvalue weighted by atomic mass is 31.0. The predicted octanol–water partition coefficient (Wildman–Crippen LogP) is 3.08. The van der Waals surface area contributed by atoms with Crippen molar-refractivity contribution in [3.63, 3.8) is 0 Å². The standard InChI is InChI=1S/C14H17N2OP/c1-3-10-7-11(15-8-12(10)16-17)14-9(2)5-4-6-13(14)18/h4-8,11,15H,3,18H2,1-2H3. The van der Waals surface area contributed by atoms with Crippen LogP contribution in [0.15, 0.2) is 46.9 Å². The van der Waals surface area contributed by atoms with Gasteiger partial charge in [0.25, 0.3) is 0 Å². The number of hydrogen-bond acceptors (Lipinski definition) is 3. The van der Waals surface area contributed by atoms with Crippen molar-refractivity contribution in [1.82, 2.24) is 5.32 Å². The molecule has 0 saturated carbocycles. The fourth-order valence-corrected chi connectivity index (χ4v) is 2.79. The van der Waals surface area contributed by atoms with Crippen molar-refractivity contribution in [2.24, 2.45) is 5.18 Å². The first-order chi connectivity index (χ1) is 8.67. The van der Waals surface area contributed by atoms with Crippen LogP contribution in [-0.4, -0.2) is 0 Å². The first kappa shape index (κ1) is 13.0. The van der Waals surface area contributed by atoms with Crippen LogP contribution in [0.3, 0.4) is 0 Å². The highest BCUT2D eigenvalue weighted by Gasteiger charge is 2.18. The van der Waals surface area contributed by atoms with Crippen molar-refractivity contribution in [3.05, 3.63) is 57.8 Å². The molecule has 1 N–H and O–H groups in total. The molecule has 0 aliphatic carbocycles. The van der Waals surface area contributed by atoms with Crippen LogP contribution in [0.4, 0.5) is 0 Å². The SMILES string of the molecule is CCC1=CC(c2c(C)cccc2P)NC=C1N=O. The average Bonchev–Trinajstić information content (AvgIpc) is 2.38. The number of nitrogens with zero attached hydrogens (tertiary/aromatic N) is 1. The van der Waals surface area contributed by atoms with E-state index in [-0.39, 0.29) is 6.04 Å². The molecule has 1 heterocycles. The smallest absolute Gasteiger partial charge is 0.126 e. The van der Waals surface area contributed by atoms with Crippen LogP contribution in [0.1, 0.15) is 30.5 Å². The van der Waals surface area contributed by atoms with Crippen LogP contribution >= 0.6 is 9.24 Å². The summed E-state index contributed by atoms with van der Waals surface area (Å²) in [6.45, 7) is 4.13. The molecule has 0 fully saturated rings. The van der Waals surface area contributed by atoms with Gasteiger partial charge in [-0.3, -0.25) is 0 Å². The summed E-state index contributed by atoms with van der Waals surface area (Å²) in [7, 11) is 2.77. The molecule has 0 bridgehead atoms. The summed E-state index contributed by atoms with van der Waals surface area (Å²) in [6, 6.07) is 6.33. The number of benzene rings is 1. The van der Waals surface area contributed by atoms with Gasteiger partial charge in [0.1, 0.15) is 5.70 Å². The minimum atomic E-state index is 0.110. The summed E-state index contributed by atoms with van der Waals surface area (Å²) < 4.78 is 0. The van der Waals surface area contributed by atoms with E-state index >= 15 is 0 Å². The Labute approximate surface area is 110 Å². The quantitative estimate of drug-likeness (QED) is 0.670. The zero-order chi connectivity index (χ0) is 13.1. The van der Waals surface area contributed by atoms with Crippen LogP contribution in [0, 0.1) is 11.8 Å². The number of aryl methyl sites for hydroxylation is 1. The van der Waals surface area contributed by atoms with Crippen LogP contribution in [0.25, 0.3) is 0 Å². The van der Waals surface area contributed by atoms with E-state index in [1.807, 2.05) is 13.0 Å². The predicted molar refractivity (Wildman–Crippen MR) is 78.7 cm³/mol. The molecule has 0 aromatic heterocycles. The van der Waals surface area contributed by atoms with Gasteiger partial charge in [-0.1, -0.05) is 31.2 Å². The topological polar surface area (TPSA) is 41.5 Å². The van der Waals surface area contributed by atoms with Gasteiger partial charge in [-0.2, -0.15) is 0 Å². The van der Waals surface area contributed by atoms with E-state index in [1.165, 1.54) is 16.4 Å². The third-order valence-electron chi connectivity index (χ3n) is 3.24.